The molecule has 1 atom stereocenters. The van der Waals surface area contributed by atoms with Crippen molar-refractivity contribution < 1.29 is 4.42 Å². The van der Waals surface area contributed by atoms with E-state index in [-0.39, 0.29) is 6.04 Å². The zero-order valence-electron chi connectivity index (χ0n) is 9.56. The Labute approximate surface area is 99.5 Å². The molecule has 0 aliphatic heterocycles. The lowest BCUT2D eigenvalue weighted by Crippen LogP contribution is -2.21. The first-order chi connectivity index (χ1) is 7.75. The van der Waals surface area contributed by atoms with E-state index >= 15 is 0 Å². The molecule has 2 rings (SSSR count). The molecule has 0 saturated heterocycles. The summed E-state index contributed by atoms with van der Waals surface area (Å²) >= 11 is 1.70. The van der Waals surface area contributed by atoms with Gasteiger partial charge in [0.15, 0.2) is 0 Å². The zero-order valence-corrected chi connectivity index (χ0v) is 10.4. The third-order valence-corrected chi connectivity index (χ3v) is 3.29. The number of aromatic nitrogens is 1. The Morgan fingerprint density at radius 2 is 2.44 bits per heavy atom. The minimum Gasteiger partial charge on any atom is -0.468 e. The van der Waals surface area contributed by atoms with E-state index in [1.165, 1.54) is 5.69 Å². The molecule has 0 fully saturated rings. The molecule has 86 valence electrons. The Kier molecular flexibility index (Phi) is 3.74. The van der Waals surface area contributed by atoms with E-state index in [1.54, 1.807) is 17.6 Å². The maximum absolute atomic E-state index is 5.33. The second kappa shape index (κ2) is 5.27. The molecule has 3 nitrogen and oxygen atoms in total. The highest BCUT2D eigenvalue weighted by molar-refractivity contribution is 7.09. The van der Waals surface area contributed by atoms with Gasteiger partial charge in [-0.15, -0.1) is 11.3 Å². The molecule has 2 aromatic heterocycles. The first-order valence-corrected chi connectivity index (χ1v) is 6.31. The SMILES string of the molecule is Cc1nc(CCNC(C)c2ccco2)cs1. The van der Waals surface area contributed by atoms with Gasteiger partial charge in [-0.3, -0.25) is 0 Å². The van der Waals surface area contributed by atoms with Crippen LogP contribution in [0.2, 0.25) is 0 Å². The van der Waals surface area contributed by atoms with Gasteiger partial charge in [0.25, 0.3) is 0 Å². The molecule has 4 heteroatoms. The molecular weight excluding hydrogens is 220 g/mol. The smallest absolute Gasteiger partial charge is 0.120 e. The number of hydrogen-bond acceptors (Lipinski definition) is 4. The van der Waals surface area contributed by atoms with Crippen LogP contribution in [-0.4, -0.2) is 11.5 Å². The molecule has 0 radical (unpaired) electrons. The second-order valence-corrected chi connectivity index (χ2v) is 4.86. The minimum atomic E-state index is 0.259. The summed E-state index contributed by atoms with van der Waals surface area (Å²) in [6, 6.07) is 4.16. The van der Waals surface area contributed by atoms with Crippen LogP contribution in [0.4, 0.5) is 0 Å². The van der Waals surface area contributed by atoms with Crippen LogP contribution in [0.3, 0.4) is 0 Å². The van der Waals surface area contributed by atoms with Gasteiger partial charge in [0.2, 0.25) is 0 Å². The van der Waals surface area contributed by atoms with Crippen LogP contribution in [0, 0.1) is 6.92 Å². The molecule has 16 heavy (non-hydrogen) atoms. The predicted molar refractivity (Wildman–Crippen MR) is 65.7 cm³/mol. The van der Waals surface area contributed by atoms with Crippen molar-refractivity contribution in [1.29, 1.82) is 0 Å². The van der Waals surface area contributed by atoms with Crippen molar-refractivity contribution in [3.05, 3.63) is 40.2 Å². The Bertz CT molecular complexity index is 422. The fourth-order valence-corrected chi connectivity index (χ4v) is 2.23. The lowest BCUT2D eigenvalue weighted by molar-refractivity contribution is 0.432. The van der Waals surface area contributed by atoms with Crippen molar-refractivity contribution >= 4 is 11.3 Å². The monoisotopic (exact) mass is 236 g/mol. The van der Waals surface area contributed by atoms with Gasteiger partial charge in [-0.2, -0.15) is 0 Å². The van der Waals surface area contributed by atoms with Crippen molar-refractivity contribution in [2.24, 2.45) is 0 Å². The molecule has 0 aromatic carbocycles. The van der Waals surface area contributed by atoms with E-state index in [4.69, 9.17) is 4.42 Å². The largest absolute Gasteiger partial charge is 0.468 e. The molecule has 0 amide bonds. The van der Waals surface area contributed by atoms with Crippen LogP contribution in [0.5, 0.6) is 0 Å². The summed E-state index contributed by atoms with van der Waals surface area (Å²) in [6.07, 6.45) is 2.67. The summed E-state index contributed by atoms with van der Waals surface area (Å²) in [4.78, 5) is 4.43. The van der Waals surface area contributed by atoms with Gasteiger partial charge < -0.3 is 9.73 Å². The van der Waals surface area contributed by atoms with Gasteiger partial charge >= 0.3 is 0 Å². The zero-order chi connectivity index (χ0) is 11.4. The summed E-state index contributed by atoms with van der Waals surface area (Å²) in [5, 5.41) is 6.67. The number of rotatable bonds is 5. The van der Waals surface area contributed by atoms with Crippen molar-refractivity contribution in [2.45, 2.75) is 26.3 Å². The first-order valence-electron chi connectivity index (χ1n) is 5.43. The van der Waals surface area contributed by atoms with Gasteiger partial charge in [-0.1, -0.05) is 0 Å². The van der Waals surface area contributed by atoms with Crippen LogP contribution in [0.15, 0.2) is 28.2 Å². The number of furan rings is 1. The standard InChI is InChI=1S/C12H16N2OS/c1-9(12-4-3-7-15-12)13-6-5-11-8-16-10(2)14-11/h3-4,7-9,13H,5-6H2,1-2H3. The maximum Gasteiger partial charge on any atom is 0.120 e. The van der Waals surface area contributed by atoms with Crippen molar-refractivity contribution in [1.82, 2.24) is 10.3 Å². The number of hydrogen-bond donors (Lipinski definition) is 1. The number of nitrogens with one attached hydrogen (secondary N) is 1. The predicted octanol–water partition coefficient (Wildman–Crippen LogP) is 2.94. The van der Waals surface area contributed by atoms with E-state index in [0.29, 0.717) is 0 Å². The molecule has 2 heterocycles. The third-order valence-electron chi connectivity index (χ3n) is 2.47. The minimum absolute atomic E-state index is 0.259. The Morgan fingerprint density at radius 1 is 1.56 bits per heavy atom. The molecular formula is C12H16N2OS. The first kappa shape index (κ1) is 11.4. The molecule has 2 aromatic rings. The lowest BCUT2D eigenvalue weighted by atomic mass is 10.2. The average Bonchev–Trinajstić information content (AvgIpc) is 2.89. The van der Waals surface area contributed by atoms with E-state index < -0.39 is 0 Å². The number of thiazole rings is 1. The van der Waals surface area contributed by atoms with Crippen molar-refractivity contribution in [3.63, 3.8) is 0 Å². The Morgan fingerprint density at radius 3 is 3.06 bits per heavy atom. The summed E-state index contributed by atoms with van der Waals surface area (Å²) < 4.78 is 5.33. The van der Waals surface area contributed by atoms with Crippen LogP contribution < -0.4 is 5.32 Å². The molecule has 1 N–H and O–H groups in total. The van der Waals surface area contributed by atoms with E-state index in [9.17, 15) is 0 Å². The number of nitrogens with zero attached hydrogens (tertiary/aromatic N) is 1. The Hall–Kier alpha value is -1.13. The summed E-state index contributed by atoms with van der Waals surface area (Å²) in [6.45, 7) is 5.06. The maximum atomic E-state index is 5.33. The Balaban J connectivity index is 1.76. The van der Waals surface area contributed by atoms with E-state index in [2.05, 4.69) is 22.6 Å². The normalized spacial score (nSPS) is 12.9. The van der Waals surface area contributed by atoms with Crippen LogP contribution in [-0.2, 0) is 6.42 Å². The van der Waals surface area contributed by atoms with E-state index in [0.717, 1.165) is 23.7 Å². The molecule has 0 spiro atoms. The highest BCUT2D eigenvalue weighted by atomic mass is 32.1. The van der Waals surface area contributed by atoms with Gasteiger partial charge in [0, 0.05) is 18.3 Å². The fraction of sp³-hybridized carbons (Fsp3) is 0.417. The third kappa shape index (κ3) is 2.93. The molecule has 0 bridgehead atoms. The lowest BCUT2D eigenvalue weighted by Gasteiger charge is -2.09. The van der Waals surface area contributed by atoms with Crippen molar-refractivity contribution in [2.75, 3.05) is 6.54 Å². The van der Waals surface area contributed by atoms with E-state index in [1.807, 2.05) is 19.1 Å². The van der Waals surface area contributed by atoms with Crippen LogP contribution in [0.25, 0.3) is 0 Å². The molecule has 0 saturated carbocycles. The van der Waals surface area contributed by atoms with Crippen LogP contribution in [0.1, 0.15) is 29.4 Å². The van der Waals surface area contributed by atoms with Gasteiger partial charge in [-0.25, -0.2) is 4.98 Å². The van der Waals surface area contributed by atoms with Gasteiger partial charge in [0.1, 0.15) is 5.76 Å². The molecule has 0 aliphatic rings. The molecule has 0 aliphatic carbocycles. The highest BCUT2D eigenvalue weighted by Gasteiger charge is 2.07. The fourth-order valence-electron chi connectivity index (χ4n) is 1.58. The van der Waals surface area contributed by atoms with Crippen LogP contribution >= 0.6 is 11.3 Å². The summed E-state index contributed by atoms with van der Waals surface area (Å²) in [5.41, 5.74) is 1.17. The molecule has 1 unspecified atom stereocenters. The average molecular weight is 236 g/mol. The van der Waals surface area contributed by atoms with Crippen molar-refractivity contribution in [3.8, 4) is 0 Å². The second-order valence-electron chi connectivity index (χ2n) is 3.80. The quantitative estimate of drug-likeness (QED) is 0.867. The summed E-state index contributed by atoms with van der Waals surface area (Å²) in [7, 11) is 0. The van der Waals surface area contributed by atoms with Gasteiger partial charge in [0.05, 0.1) is 23.0 Å². The summed E-state index contributed by atoms with van der Waals surface area (Å²) in [5.74, 6) is 0.981. The number of aryl methyl sites for hydroxylation is 1. The highest BCUT2D eigenvalue weighted by Crippen LogP contribution is 2.12. The topological polar surface area (TPSA) is 38.1 Å². The van der Waals surface area contributed by atoms with Gasteiger partial charge in [-0.05, 0) is 26.0 Å².